The van der Waals surface area contributed by atoms with Gasteiger partial charge in [0.15, 0.2) is 0 Å². The van der Waals surface area contributed by atoms with Gasteiger partial charge in [0.05, 0.1) is 42.4 Å². The van der Waals surface area contributed by atoms with Crippen molar-refractivity contribution in [1.29, 1.82) is 0 Å². The summed E-state index contributed by atoms with van der Waals surface area (Å²) in [5.74, 6) is -1.81. The zero-order valence-corrected chi connectivity index (χ0v) is 22.7. The number of alkyl halides is 1. The molecule has 3 amide bonds. The summed E-state index contributed by atoms with van der Waals surface area (Å²) in [6.07, 6.45) is 0.615. The second-order valence-electron chi connectivity index (χ2n) is 10.0. The van der Waals surface area contributed by atoms with Crippen molar-refractivity contribution in [3.05, 3.63) is 30.3 Å². The summed E-state index contributed by atoms with van der Waals surface area (Å²) in [7, 11) is 0. The fourth-order valence-corrected chi connectivity index (χ4v) is 9.83. The van der Waals surface area contributed by atoms with E-state index in [0.717, 1.165) is 13.1 Å². The van der Waals surface area contributed by atoms with E-state index in [9.17, 15) is 19.5 Å². The van der Waals surface area contributed by atoms with E-state index in [-0.39, 0.29) is 34.4 Å². The third kappa shape index (κ3) is 4.47. The molecule has 4 heterocycles. The molecule has 1 spiro atoms. The molecule has 0 radical (unpaired) electrons. The summed E-state index contributed by atoms with van der Waals surface area (Å²) in [6, 6.07) is 7.95. The lowest BCUT2D eigenvalue weighted by Crippen LogP contribution is -2.57. The molecule has 0 aliphatic carbocycles. The Hall–Kier alpha value is -1.66. The van der Waals surface area contributed by atoms with Crippen LogP contribution in [0.5, 0.6) is 0 Å². The number of hydrogen-bond donors (Lipinski definition) is 3. The van der Waals surface area contributed by atoms with Crippen LogP contribution in [0, 0.1) is 11.8 Å². The Labute approximate surface area is 223 Å². The first-order chi connectivity index (χ1) is 17.4. The van der Waals surface area contributed by atoms with E-state index < -0.39 is 28.7 Å². The van der Waals surface area contributed by atoms with Gasteiger partial charge in [-0.25, -0.2) is 0 Å². The molecule has 5 rings (SSSR count). The van der Waals surface area contributed by atoms with Crippen LogP contribution in [0.1, 0.15) is 13.3 Å². The number of morpholine rings is 1. The number of halogens is 1. The molecule has 4 aliphatic rings. The van der Waals surface area contributed by atoms with Crippen LogP contribution in [0.3, 0.4) is 0 Å². The lowest BCUT2D eigenvalue weighted by atomic mass is 9.70. The van der Waals surface area contributed by atoms with Crippen LogP contribution in [0.2, 0.25) is 0 Å². The maximum Gasteiger partial charge on any atom is 0.244 e. The van der Waals surface area contributed by atoms with Crippen LogP contribution in [0.15, 0.2) is 30.3 Å². The Morgan fingerprint density at radius 2 is 1.97 bits per heavy atom. The van der Waals surface area contributed by atoms with E-state index in [1.807, 2.05) is 30.3 Å². The molecule has 3 unspecified atom stereocenters. The Balaban J connectivity index is 1.39. The molecule has 196 valence electrons. The molecule has 0 saturated carbocycles. The number of ether oxygens (including phenoxy) is 1. The van der Waals surface area contributed by atoms with Gasteiger partial charge in [0.2, 0.25) is 17.7 Å². The van der Waals surface area contributed by atoms with Crippen LogP contribution in [0.25, 0.3) is 0 Å². The standard InChI is InChI=1S/C25H33BrN4O5S/c1-15(14-31)30-21(23(33)27-7-8-29-9-11-35-12-10-29)25-13-17(26)20(36-25)18(19(25)24(30)34)22(32)28-16-5-3-2-4-6-16/h2-6,15,17-21,31H,7-14H2,1H3,(H,27,33)(H,28,32)/t15-,17?,18+,19+,20+,21?,25?/m1/s1. The van der Waals surface area contributed by atoms with Gasteiger partial charge in [-0.1, -0.05) is 34.1 Å². The SMILES string of the molecule is C[C@H](CO)N1C(=O)[C@@H]2[C@H](C(=O)Nc3ccccc3)[C@H]3SC2(CC3Br)C1C(=O)NCCN1CCOCC1. The van der Waals surface area contributed by atoms with E-state index in [1.165, 1.54) is 0 Å². The molecule has 36 heavy (non-hydrogen) atoms. The van der Waals surface area contributed by atoms with Crippen molar-refractivity contribution in [2.45, 2.75) is 40.3 Å². The van der Waals surface area contributed by atoms with Crippen LogP contribution in [-0.2, 0) is 19.1 Å². The van der Waals surface area contributed by atoms with E-state index in [1.54, 1.807) is 23.6 Å². The largest absolute Gasteiger partial charge is 0.394 e. The van der Waals surface area contributed by atoms with Gasteiger partial charge in [0, 0.05) is 41.9 Å². The molecule has 2 bridgehead atoms. The summed E-state index contributed by atoms with van der Waals surface area (Å²) in [5, 5.41) is 15.9. The molecular formula is C25H33BrN4O5S. The van der Waals surface area contributed by atoms with Crippen molar-refractivity contribution >= 4 is 51.1 Å². The van der Waals surface area contributed by atoms with Crippen molar-refractivity contribution in [2.24, 2.45) is 11.8 Å². The van der Waals surface area contributed by atoms with Gasteiger partial charge in [-0.2, -0.15) is 0 Å². The lowest BCUT2D eigenvalue weighted by molar-refractivity contribution is -0.141. The molecule has 11 heteroatoms. The van der Waals surface area contributed by atoms with Crippen molar-refractivity contribution < 1.29 is 24.2 Å². The number of benzene rings is 1. The third-order valence-corrected chi connectivity index (χ3v) is 11.1. The number of anilines is 1. The minimum atomic E-state index is -0.744. The molecule has 0 aromatic heterocycles. The lowest BCUT2D eigenvalue weighted by Gasteiger charge is -2.36. The van der Waals surface area contributed by atoms with E-state index in [4.69, 9.17) is 4.74 Å². The number of fused-ring (bicyclic) bond motifs is 1. The first-order valence-corrected chi connectivity index (χ1v) is 14.4. The summed E-state index contributed by atoms with van der Waals surface area (Å²) < 4.78 is 4.67. The van der Waals surface area contributed by atoms with Crippen molar-refractivity contribution in [2.75, 3.05) is 51.3 Å². The minimum absolute atomic E-state index is 0.00565. The number of carbonyl (C=O) groups excluding carboxylic acids is 3. The second kappa shape index (κ2) is 10.6. The molecule has 1 aromatic rings. The Morgan fingerprint density at radius 1 is 1.25 bits per heavy atom. The Morgan fingerprint density at radius 3 is 2.67 bits per heavy atom. The van der Waals surface area contributed by atoms with Gasteiger partial charge in [-0.05, 0) is 25.5 Å². The first kappa shape index (κ1) is 26.0. The number of para-hydroxylation sites is 1. The van der Waals surface area contributed by atoms with E-state index in [2.05, 4.69) is 31.5 Å². The number of aliphatic hydroxyl groups excluding tert-OH is 1. The molecule has 4 fully saturated rings. The quantitative estimate of drug-likeness (QED) is 0.392. The molecule has 9 nitrogen and oxygen atoms in total. The van der Waals surface area contributed by atoms with Gasteiger partial charge in [0.1, 0.15) is 6.04 Å². The number of carbonyl (C=O) groups is 3. The highest BCUT2D eigenvalue weighted by Crippen LogP contribution is 2.68. The zero-order valence-electron chi connectivity index (χ0n) is 20.3. The van der Waals surface area contributed by atoms with Crippen molar-refractivity contribution in [3.8, 4) is 0 Å². The average molecular weight is 582 g/mol. The molecule has 4 aliphatic heterocycles. The first-order valence-electron chi connectivity index (χ1n) is 12.6. The maximum atomic E-state index is 13.9. The topological polar surface area (TPSA) is 111 Å². The highest BCUT2D eigenvalue weighted by Gasteiger charge is 2.75. The second-order valence-corrected chi connectivity index (χ2v) is 12.8. The van der Waals surface area contributed by atoms with E-state index >= 15 is 0 Å². The number of nitrogens with one attached hydrogen (secondary N) is 2. The van der Waals surface area contributed by atoms with Crippen LogP contribution in [0.4, 0.5) is 5.69 Å². The Kier molecular flexibility index (Phi) is 7.65. The zero-order chi connectivity index (χ0) is 25.4. The molecule has 1 aromatic carbocycles. The molecule has 4 saturated heterocycles. The summed E-state index contributed by atoms with van der Waals surface area (Å²) in [5.41, 5.74) is 0.680. The number of nitrogens with zero attached hydrogens (tertiary/aromatic N) is 2. The number of likely N-dealkylation sites (tertiary alicyclic amines) is 1. The average Bonchev–Trinajstić information content (AvgIpc) is 3.48. The van der Waals surface area contributed by atoms with Crippen LogP contribution < -0.4 is 10.6 Å². The number of hydrogen-bond acceptors (Lipinski definition) is 7. The Bertz CT molecular complexity index is 996. The van der Waals surface area contributed by atoms with Gasteiger partial charge in [-0.15, -0.1) is 11.8 Å². The summed E-state index contributed by atoms with van der Waals surface area (Å²) >= 11 is 5.36. The predicted molar refractivity (Wildman–Crippen MR) is 141 cm³/mol. The van der Waals surface area contributed by atoms with Gasteiger partial charge in [-0.3, -0.25) is 19.3 Å². The minimum Gasteiger partial charge on any atom is -0.394 e. The predicted octanol–water partition coefficient (Wildman–Crippen LogP) is 0.919. The third-order valence-electron chi connectivity index (χ3n) is 7.89. The van der Waals surface area contributed by atoms with Gasteiger partial charge in [0.25, 0.3) is 0 Å². The molecular weight excluding hydrogens is 548 g/mol. The smallest absolute Gasteiger partial charge is 0.244 e. The van der Waals surface area contributed by atoms with Gasteiger partial charge < -0.3 is 25.4 Å². The fraction of sp³-hybridized carbons (Fsp3) is 0.640. The highest BCUT2D eigenvalue weighted by molar-refractivity contribution is 9.09. The normalized spacial score (nSPS) is 34.5. The van der Waals surface area contributed by atoms with Gasteiger partial charge >= 0.3 is 0 Å². The highest BCUT2D eigenvalue weighted by atomic mass is 79.9. The monoisotopic (exact) mass is 580 g/mol. The number of thioether (sulfide) groups is 1. The number of rotatable bonds is 8. The van der Waals surface area contributed by atoms with E-state index in [0.29, 0.717) is 38.4 Å². The molecule has 7 atom stereocenters. The summed E-state index contributed by atoms with van der Waals surface area (Å²) in [4.78, 5) is 44.9. The van der Waals surface area contributed by atoms with Crippen molar-refractivity contribution in [1.82, 2.24) is 15.1 Å². The van der Waals surface area contributed by atoms with Crippen LogP contribution >= 0.6 is 27.7 Å². The van der Waals surface area contributed by atoms with Crippen LogP contribution in [-0.4, -0.2) is 106 Å². The fourth-order valence-electron chi connectivity index (χ4n) is 6.23. The molecule has 3 N–H and O–H groups in total. The van der Waals surface area contributed by atoms with Crippen molar-refractivity contribution in [3.63, 3.8) is 0 Å². The maximum absolute atomic E-state index is 13.9. The number of aliphatic hydroxyl groups is 1. The number of amides is 3. The summed E-state index contributed by atoms with van der Waals surface area (Å²) in [6.45, 7) is 5.72.